The highest BCUT2D eigenvalue weighted by atomic mass is 79.9. The van der Waals surface area contributed by atoms with Crippen molar-refractivity contribution in [2.45, 2.75) is 72.1 Å². The molecule has 3 aromatic rings. The Labute approximate surface area is 258 Å². The Morgan fingerprint density at radius 1 is 0.860 bits per heavy atom. The maximum Gasteiger partial charge on any atom is 0.328 e. The Morgan fingerprint density at radius 3 is 2.07 bits per heavy atom. The summed E-state index contributed by atoms with van der Waals surface area (Å²) in [6.45, 7) is 10.8. The summed E-state index contributed by atoms with van der Waals surface area (Å²) in [5, 5.41) is 10.6. The molecule has 11 nitrogen and oxygen atoms in total. The largest absolute Gasteiger partial charge is 0.469 e. The van der Waals surface area contributed by atoms with Crippen molar-refractivity contribution < 1.29 is 28.6 Å². The molecule has 230 valence electrons. The minimum atomic E-state index is -0.624. The number of rotatable bonds is 6. The molecule has 12 heteroatoms. The van der Waals surface area contributed by atoms with E-state index in [4.69, 9.17) is 9.47 Å². The van der Waals surface area contributed by atoms with Gasteiger partial charge in [-0.1, -0.05) is 30.3 Å². The number of hydrogen-bond donors (Lipinski definition) is 0. The topological polar surface area (TPSA) is 129 Å². The summed E-state index contributed by atoms with van der Waals surface area (Å²) in [6.07, 6.45) is 0.496. The first kappa shape index (κ1) is 33.4. The lowest BCUT2D eigenvalue weighted by molar-refractivity contribution is -0.156. The number of benzene rings is 2. The molecule has 1 aromatic heterocycles. The van der Waals surface area contributed by atoms with Crippen LogP contribution in [-0.2, 0) is 48.0 Å². The molecule has 2 aromatic carbocycles. The molecule has 0 saturated heterocycles. The van der Waals surface area contributed by atoms with Gasteiger partial charge >= 0.3 is 17.9 Å². The van der Waals surface area contributed by atoms with Crippen LogP contribution in [0.2, 0.25) is 0 Å². The number of methoxy groups -OCH3 is 1. The first-order valence-corrected chi connectivity index (χ1v) is 14.4. The van der Waals surface area contributed by atoms with Crippen molar-refractivity contribution in [2.75, 3.05) is 18.7 Å². The predicted molar refractivity (Wildman–Crippen MR) is 167 cm³/mol. The van der Waals surface area contributed by atoms with Crippen LogP contribution >= 0.6 is 15.9 Å². The van der Waals surface area contributed by atoms with Crippen LogP contribution in [-0.4, -0.2) is 57.2 Å². The van der Waals surface area contributed by atoms with E-state index in [9.17, 15) is 19.2 Å². The Morgan fingerprint density at radius 2 is 1.44 bits per heavy atom. The average Bonchev–Trinajstić information content (AvgIpc) is 2.89. The van der Waals surface area contributed by atoms with Crippen LogP contribution in [0.1, 0.15) is 52.8 Å². The molecule has 0 aliphatic carbocycles. The second-order valence-electron chi connectivity index (χ2n) is 11.7. The van der Waals surface area contributed by atoms with E-state index in [1.807, 2.05) is 45.0 Å². The zero-order valence-electron chi connectivity index (χ0n) is 25.5. The van der Waals surface area contributed by atoms with E-state index in [0.29, 0.717) is 10.9 Å². The Kier molecular flexibility index (Phi) is 10.8. The number of carbonyl (C=O) groups excluding carboxylic acids is 3. The van der Waals surface area contributed by atoms with Gasteiger partial charge in [0.25, 0.3) is 0 Å². The lowest BCUT2D eigenvalue weighted by Gasteiger charge is -2.27. The van der Waals surface area contributed by atoms with Crippen molar-refractivity contribution in [3.05, 3.63) is 70.0 Å². The highest BCUT2D eigenvalue weighted by molar-refractivity contribution is 9.18. The summed E-state index contributed by atoms with van der Waals surface area (Å²) in [4.78, 5) is 47.9. The number of hydrazone groups is 1. The van der Waals surface area contributed by atoms with Gasteiger partial charge in [-0.2, -0.15) is 10.2 Å². The zero-order valence-corrected chi connectivity index (χ0v) is 27.1. The van der Waals surface area contributed by atoms with Crippen molar-refractivity contribution in [3.63, 3.8) is 0 Å². The molecule has 0 fully saturated rings. The number of anilines is 1. The van der Waals surface area contributed by atoms with Crippen LogP contribution in [0.5, 0.6) is 0 Å². The molecule has 0 atom stereocenters. The van der Waals surface area contributed by atoms with Crippen molar-refractivity contribution in [1.29, 1.82) is 0 Å². The van der Waals surface area contributed by atoms with E-state index in [2.05, 4.69) is 30.9 Å². The van der Waals surface area contributed by atoms with Crippen LogP contribution in [0.25, 0.3) is 10.9 Å². The number of carbonyl (C=O) groups is 3. The molecule has 1 aliphatic heterocycles. The molecule has 1 aliphatic rings. The number of hydrogen-bond acceptors (Lipinski definition) is 10. The Bertz CT molecular complexity index is 1590. The minimum absolute atomic E-state index is 0.0316. The predicted octanol–water partition coefficient (Wildman–Crippen LogP) is 4.55. The fourth-order valence-electron chi connectivity index (χ4n) is 4.14. The van der Waals surface area contributed by atoms with E-state index < -0.39 is 23.1 Å². The third kappa shape index (κ3) is 10.0. The number of nitrogens with zero attached hydrogens (tertiary/aromatic N) is 4. The van der Waals surface area contributed by atoms with E-state index in [1.165, 1.54) is 11.8 Å². The lowest BCUT2D eigenvalue weighted by atomic mass is 10.1. The van der Waals surface area contributed by atoms with E-state index in [1.54, 1.807) is 50.0 Å². The van der Waals surface area contributed by atoms with E-state index in [0.717, 1.165) is 22.3 Å². The molecular weight excluding hydrogens is 620 g/mol. The van der Waals surface area contributed by atoms with Crippen molar-refractivity contribution in [2.24, 2.45) is 5.10 Å². The van der Waals surface area contributed by atoms with Crippen LogP contribution in [0, 0.1) is 0 Å². The Balaban J connectivity index is 0.000000242. The molecule has 0 saturated carbocycles. The van der Waals surface area contributed by atoms with Gasteiger partial charge in [0.05, 0.1) is 24.7 Å². The standard InChI is InChI=1S/C17H20N2O5.C14H17BrN2O2/c1-17(2,3)24-15(21)10-19-13-8-6-5-7-11(13)16(22)12(18-19)9-14(20)23-4;1-14(2,3)19-13(18)9-17-11-7-5-4-6-10(11)8-12(15)16-17/h5-8H,9-10H2,1-4H3;4-7H,8-9H2,1-3H3. The Hall–Kier alpha value is -4.06. The molecular formula is C31H37BrN4O7. The van der Waals surface area contributed by atoms with Crippen molar-refractivity contribution in [1.82, 2.24) is 9.78 Å². The quantitative estimate of drug-likeness (QED) is 0.277. The summed E-state index contributed by atoms with van der Waals surface area (Å²) in [5.74, 6) is -1.33. The first-order chi connectivity index (χ1) is 20.1. The first-order valence-electron chi connectivity index (χ1n) is 13.6. The summed E-state index contributed by atoms with van der Waals surface area (Å²) >= 11 is 3.41. The summed E-state index contributed by atoms with van der Waals surface area (Å²) < 4.78 is 17.4. The number of ether oxygens (including phenoxy) is 3. The van der Waals surface area contributed by atoms with Gasteiger partial charge in [-0.3, -0.25) is 28.9 Å². The molecule has 0 bridgehead atoms. The van der Waals surface area contributed by atoms with Gasteiger partial charge in [0.2, 0.25) is 5.43 Å². The molecule has 0 unspecified atom stereocenters. The van der Waals surface area contributed by atoms with Gasteiger partial charge in [-0.15, -0.1) is 0 Å². The third-order valence-corrected chi connectivity index (χ3v) is 6.14. The zero-order chi connectivity index (χ0) is 31.9. The second-order valence-corrected chi connectivity index (χ2v) is 12.6. The van der Waals surface area contributed by atoms with Crippen LogP contribution in [0.15, 0.2) is 58.4 Å². The van der Waals surface area contributed by atoms with Gasteiger partial charge in [-0.25, -0.2) is 0 Å². The maximum absolute atomic E-state index is 12.4. The highest BCUT2D eigenvalue weighted by Crippen LogP contribution is 2.27. The molecule has 2 heterocycles. The number of aromatic nitrogens is 2. The van der Waals surface area contributed by atoms with Crippen molar-refractivity contribution >= 4 is 55.0 Å². The van der Waals surface area contributed by atoms with Crippen LogP contribution in [0.4, 0.5) is 5.69 Å². The number of fused-ring (bicyclic) bond motifs is 2. The smallest absolute Gasteiger partial charge is 0.328 e. The molecule has 0 N–H and O–H groups in total. The fraction of sp³-hybridized carbons (Fsp3) is 0.419. The monoisotopic (exact) mass is 656 g/mol. The normalized spacial score (nSPS) is 12.8. The summed E-state index contributed by atoms with van der Waals surface area (Å²) in [6, 6.07) is 14.7. The molecule has 0 amide bonds. The van der Waals surface area contributed by atoms with Gasteiger partial charge in [0.1, 0.15) is 34.6 Å². The van der Waals surface area contributed by atoms with Gasteiger partial charge < -0.3 is 14.2 Å². The number of para-hydroxylation sites is 2. The van der Waals surface area contributed by atoms with Crippen LogP contribution in [0.3, 0.4) is 0 Å². The molecule has 43 heavy (non-hydrogen) atoms. The summed E-state index contributed by atoms with van der Waals surface area (Å²) in [5.41, 5.74) is 1.18. The van der Waals surface area contributed by atoms with Gasteiger partial charge in [0, 0.05) is 11.8 Å². The number of halogens is 1. The van der Waals surface area contributed by atoms with Crippen LogP contribution < -0.4 is 10.4 Å². The summed E-state index contributed by atoms with van der Waals surface area (Å²) in [7, 11) is 1.24. The fourth-order valence-corrected chi connectivity index (χ4v) is 4.63. The lowest BCUT2D eigenvalue weighted by Crippen LogP contribution is -2.34. The minimum Gasteiger partial charge on any atom is -0.469 e. The maximum atomic E-state index is 12.4. The van der Waals surface area contributed by atoms with Crippen molar-refractivity contribution in [3.8, 4) is 0 Å². The second kappa shape index (κ2) is 13.9. The third-order valence-electron chi connectivity index (χ3n) is 5.70. The highest BCUT2D eigenvalue weighted by Gasteiger charge is 2.23. The van der Waals surface area contributed by atoms with Gasteiger partial charge in [-0.05, 0) is 81.2 Å². The van der Waals surface area contributed by atoms with E-state index in [-0.39, 0.29) is 36.6 Å². The number of esters is 3. The molecule has 0 spiro atoms. The average molecular weight is 658 g/mol. The molecule has 4 rings (SSSR count). The molecule has 0 radical (unpaired) electrons. The van der Waals surface area contributed by atoms with Gasteiger partial charge in [0.15, 0.2) is 0 Å². The van der Waals surface area contributed by atoms with E-state index >= 15 is 0 Å². The SMILES string of the molecule is CC(C)(C)OC(=O)CN1N=C(Br)Cc2ccccc21.COC(=O)Cc1nn(CC(=O)OC(C)(C)C)c2ccccc2c1=O.